The molecule has 0 N–H and O–H groups in total. The lowest BCUT2D eigenvalue weighted by atomic mass is 9.70. The number of fused-ring (bicyclic) bond motifs is 19. The summed E-state index contributed by atoms with van der Waals surface area (Å²) in [6.07, 6.45) is 0. The predicted molar refractivity (Wildman–Crippen MR) is 308 cm³/mol. The van der Waals surface area contributed by atoms with E-state index >= 15 is 0 Å². The molecule has 1 spiro atoms. The van der Waals surface area contributed by atoms with Crippen molar-refractivity contribution in [3.63, 3.8) is 0 Å². The van der Waals surface area contributed by atoms with Crippen LogP contribution in [0.4, 0.5) is 0 Å². The predicted octanol–water partition coefficient (Wildman–Crippen LogP) is 17.3. The molecule has 0 aliphatic heterocycles. The Hall–Kier alpha value is -10.2. The first-order valence-electron chi connectivity index (χ1n) is 25.9. The highest BCUT2D eigenvalue weighted by Gasteiger charge is 2.52. The minimum atomic E-state index is -0.587. The minimum Gasteiger partial charge on any atom is -0.455 e. The van der Waals surface area contributed by atoms with Crippen molar-refractivity contribution in [2.24, 2.45) is 0 Å². The second-order valence-electron chi connectivity index (χ2n) is 20.2. The third kappa shape index (κ3) is 5.56. The van der Waals surface area contributed by atoms with E-state index in [9.17, 15) is 0 Å². The van der Waals surface area contributed by atoms with E-state index in [4.69, 9.17) is 19.4 Å². The molecule has 0 bridgehead atoms. The van der Waals surface area contributed by atoms with Crippen LogP contribution < -0.4 is 0 Å². The quantitative estimate of drug-likeness (QED) is 0.172. The van der Waals surface area contributed by atoms with Gasteiger partial charge in [-0.15, -0.1) is 0 Å². The van der Waals surface area contributed by atoms with Gasteiger partial charge in [0.2, 0.25) is 0 Å². The Kier molecular flexibility index (Phi) is 8.39. The molecule has 6 heteroatoms. The summed E-state index contributed by atoms with van der Waals surface area (Å²) in [5, 5.41) is 6.91. The fourth-order valence-corrected chi connectivity index (χ4v) is 13.2. The first kappa shape index (κ1) is 41.3. The minimum absolute atomic E-state index is 0.557. The van der Waals surface area contributed by atoms with Crippen LogP contribution in [-0.2, 0) is 5.41 Å². The second-order valence-corrected chi connectivity index (χ2v) is 20.2. The first-order chi connectivity index (χ1) is 37.7. The molecule has 0 saturated carbocycles. The van der Waals surface area contributed by atoms with Crippen molar-refractivity contribution < 1.29 is 4.42 Å². The normalized spacial score (nSPS) is 13.1. The number of aromatic nitrogens is 5. The van der Waals surface area contributed by atoms with Crippen LogP contribution >= 0.6 is 0 Å². The molecule has 15 aromatic rings. The monoisotopic (exact) mass is 967 g/mol. The van der Waals surface area contributed by atoms with Gasteiger partial charge in [0.25, 0.3) is 0 Å². The molecule has 6 nitrogen and oxygen atoms in total. The third-order valence-corrected chi connectivity index (χ3v) is 16.4. The van der Waals surface area contributed by atoms with Crippen molar-refractivity contribution in [1.29, 1.82) is 0 Å². The second kappa shape index (κ2) is 15.4. The van der Waals surface area contributed by atoms with Crippen molar-refractivity contribution in [1.82, 2.24) is 24.1 Å². The van der Waals surface area contributed by atoms with Crippen molar-refractivity contribution in [3.05, 3.63) is 271 Å². The van der Waals surface area contributed by atoms with Gasteiger partial charge >= 0.3 is 0 Å². The van der Waals surface area contributed by atoms with Crippen LogP contribution in [0.5, 0.6) is 0 Å². The van der Waals surface area contributed by atoms with Crippen LogP contribution in [0, 0.1) is 0 Å². The molecule has 4 aromatic heterocycles. The Morgan fingerprint density at radius 2 is 0.763 bits per heavy atom. The zero-order chi connectivity index (χ0) is 49.6. The van der Waals surface area contributed by atoms with E-state index in [2.05, 4.69) is 197 Å². The molecule has 2 aliphatic carbocycles. The van der Waals surface area contributed by atoms with E-state index in [1.807, 2.05) is 60.7 Å². The summed E-state index contributed by atoms with van der Waals surface area (Å²) in [6, 6.07) is 89.9. The number of benzene rings is 11. The zero-order valence-electron chi connectivity index (χ0n) is 40.8. The van der Waals surface area contributed by atoms with Crippen molar-refractivity contribution >= 4 is 65.6 Å². The number of furan rings is 1. The molecular formula is C70H41N5O. The Morgan fingerprint density at radius 3 is 1.36 bits per heavy atom. The van der Waals surface area contributed by atoms with E-state index in [-0.39, 0.29) is 0 Å². The highest BCUT2D eigenvalue weighted by atomic mass is 16.3. The number of rotatable bonds is 5. The van der Waals surface area contributed by atoms with Gasteiger partial charge in [-0.25, -0.2) is 15.0 Å². The summed E-state index contributed by atoms with van der Waals surface area (Å²) in [7, 11) is 0. The maximum Gasteiger partial charge on any atom is 0.167 e. The molecular weight excluding hydrogens is 927 g/mol. The van der Waals surface area contributed by atoms with Gasteiger partial charge in [0.05, 0.1) is 33.0 Å². The molecule has 352 valence electrons. The smallest absolute Gasteiger partial charge is 0.167 e. The van der Waals surface area contributed by atoms with Crippen LogP contribution in [-0.4, -0.2) is 24.1 Å². The maximum absolute atomic E-state index is 6.88. The Morgan fingerprint density at radius 1 is 0.289 bits per heavy atom. The van der Waals surface area contributed by atoms with E-state index in [1.54, 1.807) is 0 Å². The summed E-state index contributed by atoms with van der Waals surface area (Å²) in [5.41, 5.74) is 20.8. The van der Waals surface area contributed by atoms with Crippen LogP contribution in [0.25, 0.3) is 133 Å². The van der Waals surface area contributed by atoms with Gasteiger partial charge in [-0.05, 0) is 117 Å². The van der Waals surface area contributed by atoms with Gasteiger partial charge in [-0.3, -0.25) is 0 Å². The van der Waals surface area contributed by atoms with Crippen LogP contribution in [0.15, 0.2) is 253 Å². The molecule has 11 aromatic carbocycles. The number of nitrogens with zero attached hydrogens (tertiary/aromatic N) is 5. The average molecular weight is 968 g/mol. The van der Waals surface area contributed by atoms with Crippen molar-refractivity contribution in [2.45, 2.75) is 5.41 Å². The largest absolute Gasteiger partial charge is 0.455 e. The fraction of sp³-hybridized carbons (Fsp3) is 0.0143. The Bertz CT molecular complexity index is 4830. The van der Waals surface area contributed by atoms with Crippen molar-refractivity contribution in [2.75, 3.05) is 0 Å². The number of para-hydroxylation sites is 4. The zero-order valence-corrected chi connectivity index (χ0v) is 40.8. The van der Waals surface area contributed by atoms with E-state index in [1.165, 1.54) is 77.1 Å². The summed E-state index contributed by atoms with van der Waals surface area (Å²) >= 11 is 0. The van der Waals surface area contributed by atoms with E-state index < -0.39 is 5.41 Å². The average Bonchev–Trinajstić information content (AvgIpc) is 4.34. The summed E-state index contributed by atoms with van der Waals surface area (Å²) in [4.78, 5) is 15.2. The molecule has 0 radical (unpaired) electrons. The SMILES string of the molecule is c1ccc(-c2nc(-c3ccccc3)nc(-c3cccc4c3oc3ccc(-n5c6ccccc6c6cc7c(cc65)C5(c6ccccc6-c6ccccc65)c5cc6c(cc5-7)c5ccccc5n6-c5ccccc5)cc34)n2)cc1. The highest BCUT2D eigenvalue weighted by Crippen LogP contribution is 2.64. The van der Waals surface area contributed by atoms with E-state index in [0.29, 0.717) is 17.5 Å². The summed E-state index contributed by atoms with van der Waals surface area (Å²) in [5.74, 6) is 1.77. The lowest BCUT2D eigenvalue weighted by Crippen LogP contribution is -2.26. The molecule has 4 heterocycles. The van der Waals surface area contributed by atoms with Crippen molar-refractivity contribution in [3.8, 4) is 67.8 Å². The van der Waals surface area contributed by atoms with Gasteiger partial charge < -0.3 is 13.6 Å². The standard InChI is InChI=1S/C70H41N5O/c1-4-19-42(20-5-1)67-71-68(43-21-6-2-7-22-43)73-69(72-67)51-30-18-29-50-56-37-45(35-36-65(56)76-66(50)51)75-62-34-17-13-28-49(62)55-39-53-52-38-54-48-27-12-16-33-61(48)74(44-23-8-3-9-24-44)63(54)40-59(52)70(60(53)41-64(55)75)57-31-14-10-25-46(57)47-26-11-15-32-58(47)70/h1-41H. The lowest BCUT2D eigenvalue weighted by Gasteiger charge is -2.30. The fourth-order valence-electron chi connectivity index (χ4n) is 13.2. The maximum atomic E-state index is 6.88. The molecule has 76 heavy (non-hydrogen) atoms. The van der Waals surface area contributed by atoms with Crippen LogP contribution in [0.2, 0.25) is 0 Å². The Balaban J connectivity index is 0.913. The van der Waals surface area contributed by atoms with Crippen LogP contribution in [0.1, 0.15) is 22.3 Å². The lowest BCUT2D eigenvalue weighted by molar-refractivity contribution is 0.669. The van der Waals surface area contributed by atoms with E-state index in [0.717, 1.165) is 61.0 Å². The first-order valence-corrected chi connectivity index (χ1v) is 25.9. The molecule has 0 fully saturated rings. The summed E-state index contributed by atoms with van der Waals surface area (Å²) < 4.78 is 11.8. The topological polar surface area (TPSA) is 61.7 Å². The van der Waals surface area contributed by atoms with Gasteiger partial charge in [-0.1, -0.05) is 176 Å². The number of hydrogen-bond donors (Lipinski definition) is 0. The molecule has 0 unspecified atom stereocenters. The van der Waals surface area contributed by atoms with Gasteiger partial charge in [-0.2, -0.15) is 0 Å². The molecule has 0 amide bonds. The van der Waals surface area contributed by atoms with Crippen LogP contribution in [0.3, 0.4) is 0 Å². The van der Waals surface area contributed by atoms with Gasteiger partial charge in [0.1, 0.15) is 11.2 Å². The molecule has 0 atom stereocenters. The third-order valence-electron chi connectivity index (χ3n) is 16.4. The number of hydrogen-bond acceptors (Lipinski definition) is 4. The highest BCUT2D eigenvalue weighted by molar-refractivity contribution is 6.16. The molecule has 2 aliphatic rings. The van der Waals surface area contributed by atoms with Gasteiger partial charge in [0.15, 0.2) is 17.5 Å². The summed E-state index contributed by atoms with van der Waals surface area (Å²) in [6.45, 7) is 0. The Labute approximate surface area is 436 Å². The van der Waals surface area contributed by atoms with Gasteiger partial charge in [0, 0.05) is 54.8 Å². The molecule has 0 saturated heterocycles. The molecule has 17 rings (SSSR count).